The summed E-state index contributed by atoms with van der Waals surface area (Å²) >= 11 is 0. The molecule has 0 aromatic carbocycles. The molecule has 0 fully saturated rings. The molecule has 0 spiro atoms. The van der Waals surface area contributed by atoms with Crippen LogP contribution in [0.1, 0.15) is 187 Å². The maximum atomic E-state index is 12.5. The van der Waals surface area contributed by atoms with Crippen LogP contribution in [0, 0.1) is 0 Å². The molecule has 0 aliphatic heterocycles. The molecule has 9 heteroatoms. The van der Waals surface area contributed by atoms with Crippen LogP contribution in [-0.2, 0) is 27.9 Å². The Morgan fingerprint density at radius 2 is 1.06 bits per heavy atom. The van der Waals surface area contributed by atoms with Crippen LogP contribution in [0.15, 0.2) is 12.2 Å². The Morgan fingerprint density at radius 1 is 0.617 bits per heavy atom. The van der Waals surface area contributed by atoms with Gasteiger partial charge in [0.05, 0.1) is 19.8 Å². The lowest BCUT2D eigenvalue weighted by molar-refractivity contribution is -0.154. The number of phosphoric acid groups is 1. The van der Waals surface area contributed by atoms with Crippen molar-refractivity contribution >= 4 is 13.8 Å². The third-order valence-electron chi connectivity index (χ3n) is 8.43. The average Bonchev–Trinajstić information content (AvgIpc) is 3.06. The Labute approximate surface area is 290 Å². The summed E-state index contributed by atoms with van der Waals surface area (Å²) in [6.45, 7) is 4.93. The second-order valence-corrected chi connectivity index (χ2v) is 14.6. The van der Waals surface area contributed by atoms with Crippen molar-refractivity contribution in [3.63, 3.8) is 0 Å². The fourth-order valence-electron chi connectivity index (χ4n) is 5.52. The van der Waals surface area contributed by atoms with Gasteiger partial charge in [0.2, 0.25) is 0 Å². The van der Waals surface area contributed by atoms with E-state index in [0.717, 1.165) is 32.1 Å². The van der Waals surface area contributed by atoms with Gasteiger partial charge in [-0.25, -0.2) is 4.57 Å². The maximum Gasteiger partial charge on any atom is 0.472 e. The van der Waals surface area contributed by atoms with Gasteiger partial charge in [-0.05, 0) is 38.5 Å². The van der Waals surface area contributed by atoms with Gasteiger partial charge in [0.25, 0.3) is 0 Å². The molecule has 0 bridgehead atoms. The molecule has 47 heavy (non-hydrogen) atoms. The molecule has 0 aliphatic rings. The van der Waals surface area contributed by atoms with Gasteiger partial charge in [0.15, 0.2) is 0 Å². The van der Waals surface area contributed by atoms with Crippen LogP contribution >= 0.6 is 7.82 Å². The summed E-state index contributed by atoms with van der Waals surface area (Å²) in [6, 6.07) is 0. The van der Waals surface area contributed by atoms with Gasteiger partial charge in [-0.3, -0.25) is 13.8 Å². The Balaban J connectivity index is 4.02. The van der Waals surface area contributed by atoms with E-state index in [-0.39, 0.29) is 32.3 Å². The van der Waals surface area contributed by atoms with Crippen LogP contribution in [0.2, 0.25) is 0 Å². The SMILES string of the molecule is CCCCCCCCC/C=C\CCCCCCCCCC(=O)OC(COCCCCCCCCCCCC)COP(=O)(O)OCCN. The number of rotatable bonds is 38. The number of allylic oxidation sites excluding steroid dienone is 2. The van der Waals surface area contributed by atoms with E-state index in [0.29, 0.717) is 13.0 Å². The van der Waals surface area contributed by atoms with E-state index in [1.807, 2.05) is 0 Å². The minimum atomic E-state index is -4.26. The average molecular weight is 690 g/mol. The summed E-state index contributed by atoms with van der Waals surface area (Å²) in [4.78, 5) is 22.4. The fraction of sp³-hybridized carbons (Fsp3) is 0.921. The number of unbranched alkanes of at least 4 members (excludes halogenated alkanes) is 23. The van der Waals surface area contributed by atoms with E-state index in [2.05, 4.69) is 26.0 Å². The quantitative estimate of drug-likeness (QED) is 0.0285. The van der Waals surface area contributed by atoms with Crippen molar-refractivity contribution in [1.82, 2.24) is 0 Å². The van der Waals surface area contributed by atoms with Crippen LogP contribution in [0.25, 0.3) is 0 Å². The summed E-state index contributed by atoms with van der Waals surface area (Å²) in [6.07, 6.45) is 36.5. The summed E-state index contributed by atoms with van der Waals surface area (Å²) in [7, 11) is -4.26. The van der Waals surface area contributed by atoms with Crippen molar-refractivity contribution in [1.29, 1.82) is 0 Å². The Bertz CT molecular complexity index is 737. The number of hydrogen-bond donors (Lipinski definition) is 2. The topological polar surface area (TPSA) is 117 Å². The summed E-state index contributed by atoms with van der Waals surface area (Å²) in [5.74, 6) is -0.333. The highest BCUT2D eigenvalue weighted by Gasteiger charge is 2.25. The van der Waals surface area contributed by atoms with E-state index in [1.165, 1.54) is 135 Å². The van der Waals surface area contributed by atoms with Crippen molar-refractivity contribution < 1.29 is 32.8 Å². The highest BCUT2D eigenvalue weighted by Crippen LogP contribution is 2.43. The molecule has 0 aliphatic carbocycles. The minimum absolute atomic E-state index is 0.0934. The molecule has 2 unspecified atom stereocenters. The molecule has 0 saturated carbocycles. The highest BCUT2D eigenvalue weighted by atomic mass is 31.2. The van der Waals surface area contributed by atoms with Gasteiger partial charge in [0.1, 0.15) is 6.10 Å². The number of carbonyl (C=O) groups excluding carboxylic acids is 1. The maximum absolute atomic E-state index is 12.5. The van der Waals surface area contributed by atoms with Crippen LogP contribution < -0.4 is 5.73 Å². The second kappa shape index (κ2) is 36.5. The van der Waals surface area contributed by atoms with Gasteiger partial charge in [-0.1, -0.05) is 154 Å². The van der Waals surface area contributed by atoms with Crippen molar-refractivity contribution in [2.24, 2.45) is 5.73 Å². The fourth-order valence-corrected chi connectivity index (χ4v) is 6.29. The van der Waals surface area contributed by atoms with Gasteiger partial charge in [-0.15, -0.1) is 0 Å². The molecule has 2 atom stereocenters. The van der Waals surface area contributed by atoms with Crippen LogP contribution in [0.4, 0.5) is 0 Å². The Kier molecular flexibility index (Phi) is 35.9. The number of nitrogens with two attached hydrogens (primary N) is 1. The van der Waals surface area contributed by atoms with Gasteiger partial charge >= 0.3 is 13.8 Å². The first kappa shape index (κ1) is 46.2. The molecule has 280 valence electrons. The van der Waals surface area contributed by atoms with Crippen molar-refractivity contribution in [3.05, 3.63) is 12.2 Å². The molecule has 3 N–H and O–H groups in total. The third kappa shape index (κ3) is 36.3. The van der Waals surface area contributed by atoms with Crippen molar-refractivity contribution in [3.8, 4) is 0 Å². The molecule has 8 nitrogen and oxygen atoms in total. The van der Waals surface area contributed by atoms with E-state index in [4.69, 9.17) is 24.3 Å². The number of carbonyl (C=O) groups is 1. The van der Waals surface area contributed by atoms with Crippen molar-refractivity contribution in [2.45, 2.75) is 193 Å². The smallest absolute Gasteiger partial charge is 0.457 e. The summed E-state index contributed by atoms with van der Waals surface area (Å²) in [5, 5.41) is 0. The Hall–Kier alpha value is -0.760. The molecule has 0 heterocycles. The monoisotopic (exact) mass is 690 g/mol. The van der Waals surface area contributed by atoms with Gasteiger partial charge in [0, 0.05) is 19.6 Å². The predicted molar refractivity (Wildman–Crippen MR) is 197 cm³/mol. The lowest BCUT2D eigenvalue weighted by atomic mass is 10.1. The van der Waals surface area contributed by atoms with Crippen LogP contribution in [0.5, 0.6) is 0 Å². The molecule has 0 amide bonds. The third-order valence-corrected chi connectivity index (χ3v) is 9.42. The lowest BCUT2D eigenvalue weighted by Crippen LogP contribution is -2.28. The first-order valence-electron chi connectivity index (χ1n) is 19.7. The van der Waals surface area contributed by atoms with Crippen molar-refractivity contribution in [2.75, 3.05) is 33.0 Å². The lowest BCUT2D eigenvalue weighted by Gasteiger charge is -2.20. The number of phosphoric ester groups is 1. The summed E-state index contributed by atoms with van der Waals surface area (Å²) in [5.41, 5.74) is 5.35. The Morgan fingerprint density at radius 3 is 1.55 bits per heavy atom. The molecule has 0 saturated heterocycles. The highest BCUT2D eigenvalue weighted by molar-refractivity contribution is 7.47. The molecule has 0 aromatic rings. The molecule has 0 radical (unpaired) electrons. The largest absolute Gasteiger partial charge is 0.472 e. The van der Waals surface area contributed by atoms with Crippen LogP contribution in [0.3, 0.4) is 0 Å². The molecular formula is C38H76NO7P. The zero-order valence-electron chi connectivity index (χ0n) is 30.8. The van der Waals surface area contributed by atoms with Gasteiger partial charge < -0.3 is 20.1 Å². The zero-order chi connectivity index (χ0) is 34.5. The molecular weight excluding hydrogens is 613 g/mol. The zero-order valence-corrected chi connectivity index (χ0v) is 31.7. The molecule has 0 rings (SSSR count). The van der Waals surface area contributed by atoms with E-state index in [1.54, 1.807) is 0 Å². The van der Waals surface area contributed by atoms with E-state index >= 15 is 0 Å². The van der Waals surface area contributed by atoms with E-state index < -0.39 is 13.9 Å². The normalized spacial score (nSPS) is 13.7. The summed E-state index contributed by atoms with van der Waals surface area (Å²) < 4.78 is 33.3. The standard InChI is InChI=1S/C38H76NO7P/c1-3-5-7-9-11-13-15-16-17-18-19-20-21-22-23-25-27-29-31-38(40)46-37(36-45-47(41,42)44-34-32-39)35-43-33-30-28-26-24-14-12-10-8-6-4-2/h17-18,37H,3-16,19-36,39H2,1-2H3,(H,41,42)/b18-17-. The first-order valence-corrected chi connectivity index (χ1v) is 21.2. The minimum Gasteiger partial charge on any atom is -0.457 e. The van der Waals surface area contributed by atoms with E-state index in [9.17, 15) is 14.3 Å². The van der Waals surface area contributed by atoms with Crippen LogP contribution in [-0.4, -0.2) is 49.9 Å². The number of hydrogen-bond acceptors (Lipinski definition) is 7. The van der Waals surface area contributed by atoms with Gasteiger partial charge in [-0.2, -0.15) is 0 Å². The predicted octanol–water partition coefficient (Wildman–Crippen LogP) is 11.1. The molecule has 0 aromatic heterocycles. The number of ether oxygens (including phenoxy) is 2. The second-order valence-electron chi connectivity index (χ2n) is 13.1. The first-order chi connectivity index (χ1) is 22.9. The number of esters is 1.